The van der Waals surface area contributed by atoms with Crippen LogP contribution in [0.4, 0.5) is 5.69 Å². The molecule has 18 heavy (non-hydrogen) atoms. The summed E-state index contributed by atoms with van der Waals surface area (Å²) >= 11 is 7.32. The van der Waals surface area contributed by atoms with Crippen LogP contribution in [-0.4, -0.2) is 25.7 Å². The van der Waals surface area contributed by atoms with Crippen molar-refractivity contribution < 1.29 is 0 Å². The molecule has 2 fully saturated rings. The minimum absolute atomic E-state index is 0.796. The summed E-state index contributed by atoms with van der Waals surface area (Å²) < 4.78 is 2.38. The van der Waals surface area contributed by atoms with Crippen LogP contribution in [0.2, 0.25) is 0 Å². The number of anilines is 1. The van der Waals surface area contributed by atoms with Gasteiger partial charge in [-0.15, -0.1) is 0 Å². The lowest BCUT2D eigenvalue weighted by Gasteiger charge is -2.22. The zero-order valence-corrected chi connectivity index (χ0v) is 13.5. The Morgan fingerprint density at radius 1 is 1.17 bits per heavy atom. The second-order valence-corrected chi connectivity index (χ2v) is 7.06. The van der Waals surface area contributed by atoms with Crippen LogP contribution in [0.25, 0.3) is 0 Å². The lowest BCUT2D eigenvalue weighted by molar-refractivity contribution is 0.515. The third-order valence-electron chi connectivity index (χ3n) is 3.81. The largest absolute Gasteiger partial charge is 0.369 e. The summed E-state index contributed by atoms with van der Waals surface area (Å²) in [6.45, 7) is 3.52. The van der Waals surface area contributed by atoms with E-state index in [-0.39, 0.29) is 0 Å². The van der Waals surface area contributed by atoms with Crippen molar-refractivity contribution in [2.75, 3.05) is 24.5 Å². The summed E-state index contributed by atoms with van der Waals surface area (Å²) in [5, 5.41) is 3.65. The topological polar surface area (TPSA) is 15.3 Å². The molecule has 1 aromatic carbocycles. The van der Waals surface area contributed by atoms with Crippen LogP contribution >= 0.6 is 31.9 Å². The van der Waals surface area contributed by atoms with Crippen molar-refractivity contribution in [3.05, 3.63) is 27.1 Å². The fraction of sp³-hybridized carbons (Fsp3) is 0.571. The molecule has 98 valence electrons. The molecule has 3 rings (SSSR count). The van der Waals surface area contributed by atoms with E-state index in [1.807, 2.05) is 0 Å². The zero-order valence-electron chi connectivity index (χ0n) is 10.3. The van der Waals surface area contributed by atoms with Gasteiger partial charge < -0.3 is 10.2 Å². The molecule has 0 aromatic heterocycles. The first kappa shape index (κ1) is 12.9. The van der Waals surface area contributed by atoms with E-state index in [2.05, 4.69) is 60.3 Å². The molecule has 0 radical (unpaired) electrons. The molecule has 1 atom stereocenters. The van der Waals surface area contributed by atoms with Crippen LogP contribution in [0, 0.1) is 5.92 Å². The standard InChI is InChI=1S/C14H18Br2N2/c15-12-2-1-3-13(16)14(12)18-7-6-10(9-18)8-17-11-4-5-11/h1-3,10-11,17H,4-9H2. The monoisotopic (exact) mass is 372 g/mol. The molecule has 1 saturated carbocycles. The van der Waals surface area contributed by atoms with Crippen molar-refractivity contribution >= 4 is 37.5 Å². The Balaban J connectivity index is 1.63. The highest BCUT2D eigenvalue weighted by Gasteiger charge is 2.27. The summed E-state index contributed by atoms with van der Waals surface area (Å²) in [6, 6.07) is 7.14. The SMILES string of the molecule is Brc1cccc(Br)c1N1CCC(CNC2CC2)C1. The van der Waals surface area contributed by atoms with Crippen molar-refractivity contribution in [3.63, 3.8) is 0 Å². The van der Waals surface area contributed by atoms with E-state index < -0.39 is 0 Å². The molecule has 0 spiro atoms. The van der Waals surface area contributed by atoms with Gasteiger partial charge in [0.1, 0.15) is 0 Å². The minimum atomic E-state index is 0.796. The summed E-state index contributed by atoms with van der Waals surface area (Å²) in [5.74, 6) is 0.796. The number of hydrogen-bond acceptors (Lipinski definition) is 2. The minimum Gasteiger partial charge on any atom is -0.369 e. The van der Waals surface area contributed by atoms with Crippen molar-refractivity contribution in [1.29, 1.82) is 0 Å². The van der Waals surface area contributed by atoms with E-state index in [1.54, 1.807) is 0 Å². The molecule has 0 bridgehead atoms. The lowest BCUT2D eigenvalue weighted by Crippen LogP contribution is -2.27. The van der Waals surface area contributed by atoms with Crippen molar-refractivity contribution in [2.45, 2.75) is 25.3 Å². The number of hydrogen-bond donors (Lipinski definition) is 1. The molecule has 2 nitrogen and oxygen atoms in total. The van der Waals surface area contributed by atoms with Crippen LogP contribution < -0.4 is 10.2 Å². The Morgan fingerprint density at radius 2 is 1.89 bits per heavy atom. The van der Waals surface area contributed by atoms with E-state index in [0.29, 0.717) is 0 Å². The number of nitrogens with one attached hydrogen (secondary N) is 1. The van der Waals surface area contributed by atoms with Gasteiger partial charge in [-0.3, -0.25) is 0 Å². The van der Waals surface area contributed by atoms with Gasteiger partial charge in [-0.1, -0.05) is 6.07 Å². The van der Waals surface area contributed by atoms with E-state index >= 15 is 0 Å². The van der Waals surface area contributed by atoms with E-state index in [9.17, 15) is 0 Å². The van der Waals surface area contributed by atoms with Gasteiger partial charge in [0.25, 0.3) is 0 Å². The van der Waals surface area contributed by atoms with Gasteiger partial charge in [-0.25, -0.2) is 0 Å². The number of benzene rings is 1. The van der Waals surface area contributed by atoms with E-state index in [0.717, 1.165) is 18.5 Å². The highest BCUT2D eigenvalue weighted by Crippen LogP contribution is 2.36. The number of rotatable bonds is 4. The fourth-order valence-electron chi connectivity index (χ4n) is 2.61. The molecule has 1 unspecified atom stereocenters. The quantitative estimate of drug-likeness (QED) is 0.863. The highest BCUT2D eigenvalue weighted by molar-refractivity contribution is 9.11. The van der Waals surface area contributed by atoms with Gasteiger partial charge in [0.05, 0.1) is 5.69 Å². The summed E-state index contributed by atoms with van der Waals surface area (Å²) in [5.41, 5.74) is 1.31. The molecule has 4 heteroatoms. The first-order valence-corrected chi connectivity index (χ1v) is 8.25. The smallest absolute Gasteiger partial charge is 0.0655 e. The Morgan fingerprint density at radius 3 is 2.56 bits per heavy atom. The maximum Gasteiger partial charge on any atom is 0.0655 e. The molecule has 0 amide bonds. The van der Waals surface area contributed by atoms with Crippen molar-refractivity contribution in [2.24, 2.45) is 5.92 Å². The Hall–Kier alpha value is -0.0600. The second kappa shape index (κ2) is 5.51. The maximum absolute atomic E-state index is 3.66. The van der Waals surface area contributed by atoms with Crippen LogP contribution in [0.1, 0.15) is 19.3 Å². The molecule has 1 aliphatic carbocycles. The molecular formula is C14H18Br2N2. The number of nitrogens with zero attached hydrogens (tertiary/aromatic N) is 1. The number of halogens is 2. The van der Waals surface area contributed by atoms with Crippen molar-refractivity contribution in [1.82, 2.24) is 5.32 Å². The Labute approximate surface area is 125 Å². The summed E-state index contributed by atoms with van der Waals surface area (Å²) in [7, 11) is 0. The lowest BCUT2D eigenvalue weighted by atomic mass is 10.1. The molecule has 1 aromatic rings. The normalized spacial score (nSPS) is 23.7. The summed E-state index contributed by atoms with van der Waals surface area (Å²) in [4.78, 5) is 2.49. The maximum atomic E-state index is 3.66. The summed E-state index contributed by atoms with van der Waals surface area (Å²) in [6.07, 6.45) is 4.06. The average molecular weight is 374 g/mol. The molecular weight excluding hydrogens is 356 g/mol. The van der Waals surface area contributed by atoms with Gasteiger partial charge in [0.2, 0.25) is 0 Å². The van der Waals surface area contributed by atoms with Gasteiger partial charge in [-0.2, -0.15) is 0 Å². The first-order chi connectivity index (χ1) is 8.74. The predicted octanol–water partition coefficient (Wildman–Crippen LogP) is 3.79. The molecule has 1 saturated heterocycles. The highest BCUT2D eigenvalue weighted by atomic mass is 79.9. The Kier molecular flexibility index (Phi) is 3.97. The van der Waals surface area contributed by atoms with Crippen molar-refractivity contribution in [3.8, 4) is 0 Å². The molecule has 1 heterocycles. The van der Waals surface area contributed by atoms with Gasteiger partial charge in [0, 0.05) is 28.1 Å². The predicted molar refractivity (Wildman–Crippen MR) is 83.2 cm³/mol. The molecule has 1 N–H and O–H groups in total. The van der Waals surface area contributed by atoms with Crippen LogP contribution in [0.3, 0.4) is 0 Å². The van der Waals surface area contributed by atoms with Crippen LogP contribution in [0.15, 0.2) is 27.1 Å². The zero-order chi connectivity index (χ0) is 12.5. The number of para-hydroxylation sites is 1. The molecule has 2 aliphatic rings. The van der Waals surface area contributed by atoms with Crippen LogP contribution in [-0.2, 0) is 0 Å². The Bertz CT molecular complexity index is 412. The van der Waals surface area contributed by atoms with E-state index in [1.165, 1.54) is 47.0 Å². The van der Waals surface area contributed by atoms with Gasteiger partial charge >= 0.3 is 0 Å². The fourth-order valence-corrected chi connectivity index (χ4v) is 4.11. The second-order valence-electron chi connectivity index (χ2n) is 5.35. The van der Waals surface area contributed by atoms with Crippen LogP contribution in [0.5, 0.6) is 0 Å². The first-order valence-electron chi connectivity index (χ1n) is 6.66. The van der Waals surface area contributed by atoms with E-state index in [4.69, 9.17) is 0 Å². The molecule has 1 aliphatic heterocycles. The third kappa shape index (κ3) is 2.91. The average Bonchev–Trinajstić information content (AvgIpc) is 3.06. The van der Waals surface area contributed by atoms with Gasteiger partial charge in [0.15, 0.2) is 0 Å². The van der Waals surface area contributed by atoms with Gasteiger partial charge in [-0.05, 0) is 75.7 Å². The third-order valence-corrected chi connectivity index (χ3v) is 5.09.